The summed E-state index contributed by atoms with van der Waals surface area (Å²) in [7, 11) is 0. The number of benzene rings is 2. The third-order valence-corrected chi connectivity index (χ3v) is 3.32. The SMILES string of the molecule is Cc1cc(C)c(C(=O)COc2cccc(C=O)c2)c(C)c1. The molecule has 0 amide bonds. The molecule has 108 valence electrons. The quantitative estimate of drug-likeness (QED) is 0.620. The Bertz CT molecular complexity index is 664. The van der Waals surface area contributed by atoms with Crippen molar-refractivity contribution in [2.24, 2.45) is 0 Å². The van der Waals surface area contributed by atoms with Gasteiger partial charge in [-0.25, -0.2) is 0 Å². The van der Waals surface area contributed by atoms with Gasteiger partial charge in [0.05, 0.1) is 0 Å². The van der Waals surface area contributed by atoms with Crippen molar-refractivity contribution in [2.45, 2.75) is 20.8 Å². The second kappa shape index (κ2) is 6.35. The molecular formula is C18H18O3. The fourth-order valence-corrected chi connectivity index (χ4v) is 2.52. The first-order chi connectivity index (χ1) is 10.0. The molecule has 0 unspecified atom stereocenters. The average molecular weight is 282 g/mol. The lowest BCUT2D eigenvalue weighted by molar-refractivity contribution is 0.0920. The maximum Gasteiger partial charge on any atom is 0.200 e. The fourth-order valence-electron chi connectivity index (χ4n) is 2.52. The zero-order chi connectivity index (χ0) is 15.4. The number of carbonyl (C=O) groups excluding carboxylic acids is 2. The minimum Gasteiger partial charge on any atom is -0.485 e. The molecule has 3 nitrogen and oxygen atoms in total. The molecule has 0 aliphatic carbocycles. The molecule has 0 fully saturated rings. The molecule has 0 aromatic heterocycles. The van der Waals surface area contributed by atoms with Gasteiger partial charge in [-0.15, -0.1) is 0 Å². The van der Waals surface area contributed by atoms with Crippen molar-refractivity contribution in [3.05, 3.63) is 64.2 Å². The van der Waals surface area contributed by atoms with E-state index in [1.807, 2.05) is 32.9 Å². The van der Waals surface area contributed by atoms with Crippen molar-refractivity contribution in [1.82, 2.24) is 0 Å². The highest BCUT2D eigenvalue weighted by Gasteiger charge is 2.13. The van der Waals surface area contributed by atoms with E-state index >= 15 is 0 Å². The van der Waals surface area contributed by atoms with Crippen LogP contribution in [0, 0.1) is 20.8 Å². The van der Waals surface area contributed by atoms with Gasteiger partial charge in [-0.2, -0.15) is 0 Å². The number of ether oxygens (including phenoxy) is 1. The van der Waals surface area contributed by atoms with Gasteiger partial charge < -0.3 is 4.74 Å². The van der Waals surface area contributed by atoms with Crippen molar-refractivity contribution >= 4 is 12.1 Å². The summed E-state index contributed by atoms with van der Waals surface area (Å²) in [5.74, 6) is 0.469. The van der Waals surface area contributed by atoms with Crippen LogP contribution in [0.1, 0.15) is 37.4 Å². The summed E-state index contributed by atoms with van der Waals surface area (Å²) >= 11 is 0. The predicted molar refractivity (Wildman–Crippen MR) is 82.3 cm³/mol. The molecule has 0 atom stereocenters. The second-order valence-electron chi connectivity index (χ2n) is 5.18. The zero-order valence-electron chi connectivity index (χ0n) is 12.5. The largest absolute Gasteiger partial charge is 0.485 e. The number of ketones is 1. The van der Waals surface area contributed by atoms with E-state index in [0.717, 1.165) is 23.0 Å². The lowest BCUT2D eigenvalue weighted by atomic mass is 9.97. The third kappa shape index (κ3) is 3.57. The van der Waals surface area contributed by atoms with Gasteiger partial charge in [0.25, 0.3) is 0 Å². The van der Waals surface area contributed by atoms with Gasteiger partial charge in [0.2, 0.25) is 5.78 Å². The van der Waals surface area contributed by atoms with E-state index in [2.05, 4.69) is 0 Å². The van der Waals surface area contributed by atoms with Gasteiger partial charge in [0.15, 0.2) is 6.61 Å². The normalized spacial score (nSPS) is 10.2. The molecule has 21 heavy (non-hydrogen) atoms. The molecule has 0 aliphatic rings. The van der Waals surface area contributed by atoms with E-state index in [4.69, 9.17) is 4.74 Å². The Hall–Kier alpha value is -2.42. The molecule has 0 spiro atoms. The van der Waals surface area contributed by atoms with E-state index in [-0.39, 0.29) is 12.4 Å². The number of carbonyl (C=O) groups is 2. The topological polar surface area (TPSA) is 43.4 Å². The first-order valence-electron chi connectivity index (χ1n) is 6.80. The summed E-state index contributed by atoms with van der Waals surface area (Å²) in [5.41, 5.74) is 4.31. The molecule has 2 rings (SSSR count). The first-order valence-corrected chi connectivity index (χ1v) is 6.80. The van der Waals surface area contributed by atoms with Crippen LogP contribution in [0.3, 0.4) is 0 Å². The smallest absolute Gasteiger partial charge is 0.200 e. The van der Waals surface area contributed by atoms with E-state index < -0.39 is 0 Å². The van der Waals surface area contributed by atoms with Gasteiger partial charge in [-0.1, -0.05) is 29.8 Å². The highest BCUT2D eigenvalue weighted by atomic mass is 16.5. The van der Waals surface area contributed by atoms with Crippen LogP contribution in [-0.2, 0) is 0 Å². The summed E-state index contributed by atoms with van der Waals surface area (Å²) in [5, 5.41) is 0. The number of Topliss-reactive ketones (excluding diaryl/α,β-unsaturated/α-hetero) is 1. The summed E-state index contributed by atoms with van der Waals surface area (Å²) in [6.45, 7) is 5.84. The van der Waals surface area contributed by atoms with Crippen molar-refractivity contribution in [2.75, 3.05) is 6.61 Å². The molecule has 2 aromatic rings. The summed E-state index contributed by atoms with van der Waals surface area (Å²) < 4.78 is 5.50. The number of rotatable bonds is 5. The molecule has 0 saturated carbocycles. The van der Waals surface area contributed by atoms with Crippen LogP contribution in [0.4, 0.5) is 0 Å². The predicted octanol–water partition coefficient (Wildman–Crippen LogP) is 3.69. The van der Waals surface area contributed by atoms with Gasteiger partial charge in [0, 0.05) is 11.1 Å². The Morgan fingerprint density at radius 1 is 1.10 bits per heavy atom. The summed E-state index contributed by atoms with van der Waals surface area (Å²) in [6.07, 6.45) is 0.753. The van der Waals surface area contributed by atoms with Crippen LogP contribution in [0.15, 0.2) is 36.4 Å². The van der Waals surface area contributed by atoms with Gasteiger partial charge in [-0.3, -0.25) is 9.59 Å². The number of hydrogen-bond donors (Lipinski definition) is 0. The Morgan fingerprint density at radius 3 is 2.38 bits per heavy atom. The Morgan fingerprint density at radius 2 is 1.76 bits per heavy atom. The zero-order valence-corrected chi connectivity index (χ0v) is 12.5. The molecule has 0 saturated heterocycles. The van der Waals surface area contributed by atoms with E-state index in [0.29, 0.717) is 16.9 Å². The lowest BCUT2D eigenvalue weighted by Gasteiger charge is -2.11. The van der Waals surface area contributed by atoms with Crippen LogP contribution in [0.25, 0.3) is 0 Å². The fraction of sp³-hybridized carbons (Fsp3) is 0.222. The summed E-state index contributed by atoms with van der Waals surface area (Å²) in [4.78, 5) is 23.0. The van der Waals surface area contributed by atoms with Crippen LogP contribution < -0.4 is 4.74 Å². The van der Waals surface area contributed by atoms with Crippen LogP contribution in [-0.4, -0.2) is 18.7 Å². The van der Waals surface area contributed by atoms with Crippen LogP contribution in [0.5, 0.6) is 5.75 Å². The van der Waals surface area contributed by atoms with Crippen LogP contribution in [0.2, 0.25) is 0 Å². The Kier molecular flexibility index (Phi) is 4.53. The lowest BCUT2D eigenvalue weighted by Crippen LogP contribution is -2.14. The third-order valence-electron chi connectivity index (χ3n) is 3.32. The van der Waals surface area contributed by atoms with Gasteiger partial charge in [0.1, 0.15) is 12.0 Å². The van der Waals surface area contributed by atoms with Crippen molar-refractivity contribution < 1.29 is 14.3 Å². The standard InChI is InChI=1S/C18H18O3/c1-12-7-13(2)18(14(3)8-12)17(20)11-21-16-6-4-5-15(9-16)10-19/h4-10H,11H2,1-3H3. The van der Waals surface area contributed by atoms with Crippen molar-refractivity contribution in [3.8, 4) is 5.75 Å². The molecule has 0 heterocycles. The highest BCUT2D eigenvalue weighted by molar-refractivity contribution is 6.00. The monoisotopic (exact) mass is 282 g/mol. The van der Waals surface area contributed by atoms with E-state index in [1.165, 1.54) is 0 Å². The maximum atomic E-state index is 12.3. The van der Waals surface area contributed by atoms with Crippen molar-refractivity contribution in [1.29, 1.82) is 0 Å². The number of aldehydes is 1. The molecule has 3 heteroatoms. The molecule has 0 N–H and O–H groups in total. The molecule has 0 aliphatic heterocycles. The van der Waals surface area contributed by atoms with E-state index in [9.17, 15) is 9.59 Å². The number of hydrogen-bond acceptors (Lipinski definition) is 3. The molecule has 2 aromatic carbocycles. The van der Waals surface area contributed by atoms with Crippen LogP contribution >= 0.6 is 0 Å². The average Bonchev–Trinajstić information content (AvgIpc) is 2.44. The van der Waals surface area contributed by atoms with Gasteiger partial charge >= 0.3 is 0 Å². The van der Waals surface area contributed by atoms with Gasteiger partial charge in [-0.05, 0) is 44.0 Å². The summed E-state index contributed by atoms with van der Waals surface area (Å²) in [6, 6.07) is 10.8. The maximum absolute atomic E-state index is 12.3. The Labute approximate surface area is 124 Å². The molecular weight excluding hydrogens is 264 g/mol. The number of aryl methyl sites for hydroxylation is 3. The first kappa shape index (κ1) is 15.0. The minimum atomic E-state index is -0.0542. The van der Waals surface area contributed by atoms with Crippen molar-refractivity contribution in [3.63, 3.8) is 0 Å². The minimum absolute atomic E-state index is 0.0347. The second-order valence-corrected chi connectivity index (χ2v) is 5.18. The molecule has 0 radical (unpaired) electrons. The highest BCUT2D eigenvalue weighted by Crippen LogP contribution is 2.18. The molecule has 0 bridgehead atoms. The van der Waals surface area contributed by atoms with E-state index in [1.54, 1.807) is 24.3 Å². The Balaban J connectivity index is 2.13.